The second kappa shape index (κ2) is 13.4. The second-order valence-corrected chi connectivity index (χ2v) is 13.2. The van der Waals surface area contributed by atoms with Gasteiger partial charge in [-0.05, 0) is 73.9 Å². The lowest BCUT2D eigenvalue weighted by Gasteiger charge is -2.05. The van der Waals surface area contributed by atoms with Crippen molar-refractivity contribution in [1.29, 1.82) is 0 Å². The van der Waals surface area contributed by atoms with Crippen LogP contribution in [-0.4, -0.2) is 49.4 Å². The monoisotopic (exact) mass is 674 g/mol. The number of ketones is 1. The Bertz CT molecular complexity index is 1740. The Kier molecular flexibility index (Phi) is 9.13. The van der Waals surface area contributed by atoms with E-state index in [-0.39, 0.29) is 10.6 Å². The Labute approximate surface area is 269 Å². The van der Waals surface area contributed by atoms with Crippen LogP contribution in [0.5, 0.6) is 11.5 Å². The van der Waals surface area contributed by atoms with E-state index in [2.05, 4.69) is 44.3 Å². The highest BCUT2D eigenvalue weighted by atomic mass is 79.9. The van der Waals surface area contributed by atoms with E-state index in [0.717, 1.165) is 90.3 Å². The normalized spacial score (nSPS) is 15.6. The number of alkyl halides is 1. The second-order valence-electron chi connectivity index (χ2n) is 11.0. The molecular weight excluding hydrogens is 640 g/mol. The van der Waals surface area contributed by atoms with Gasteiger partial charge < -0.3 is 15.2 Å². The zero-order valence-electron chi connectivity index (χ0n) is 24.8. The van der Waals surface area contributed by atoms with Gasteiger partial charge in [0.25, 0.3) is 0 Å². The van der Waals surface area contributed by atoms with Gasteiger partial charge in [0.05, 0.1) is 54.8 Å². The molecule has 0 bridgehead atoms. The summed E-state index contributed by atoms with van der Waals surface area (Å²) in [4.78, 5) is 18.0. The van der Waals surface area contributed by atoms with Gasteiger partial charge in [-0.25, -0.2) is 4.98 Å². The molecule has 228 valence electrons. The molecule has 2 aliphatic carbocycles. The van der Waals surface area contributed by atoms with Crippen molar-refractivity contribution in [3.8, 4) is 22.8 Å². The molecule has 3 heterocycles. The number of halogens is 1. The van der Waals surface area contributed by atoms with E-state index in [1.54, 1.807) is 25.6 Å². The van der Waals surface area contributed by atoms with Gasteiger partial charge in [0.2, 0.25) is 0 Å². The van der Waals surface area contributed by atoms with E-state index < -0.39 is 0 Å². The maximum Gasteiger partial charge on any atom is 0.180 e. The molecule has 9 nitrogen and oxygen atoms in total. The fraction of sp³-hybridized carbons (Fsp3) is 0.333. The first-order chi connectivity index (χ1) is 21.4. The Morgan fingerprint density at radius 3 is 1.98 bits per heavy atom. The summed E-state index contributed by atoms with van der Waals surface area (Å²) in [6, 6.07) is 16.0. The summed E-state index contributed by atoms with van der Waals surface area (Å²) in [6.45, 7) is 1.41. The third kappa shape index (κ3) is 6.73. The lowest BCUT2D eigenvalue weighted by molar-refractivity contribution is 0.0990. The minimum absolute atomic E-state index is 0.0719. The van der Waals surface area contributed by atoms with Gasteiger partial charge in [0, 0.05) is 22.8 Å². The number of aromatic nitrogens is 5. The van der Waals surface area contributed by atoms with E-state index in [1.807, 2.05) is 52.0 Å². The fourth-order valence-electron chi connectivity index (χ4n) is 5.61. The van der Waals surface area contributed by atoms with Crippen molar-refractivity contribution in [1.82, 2.24) is 24.5 Å². The van der Waals surface area contributed by atoms with Gasteiger partial charge in [0.15, 0.2) is 10.9 Å². The molecule has 0 saturated heterocycles. The summed E-state index contributed by atoms with van der Waals surface area (Å²) in [5.74, 6) is 1.86. The molecule has 2 aromatic carbocycles. The van der Waals surface area contributed by atoms with Gasteiger partial charge in [-0.1, -0.05) is 40.2 Å². The number of hydrogen-bond donors (Lipinski definition) is 1. The minimum atomic E-state index is -0.0719. The summed E-state index contributed by atoms with van der Waals surface area (Å²) in [6.07, 6.45) is 9.86. The number of aryl methyl sites for hydroxylation is 3. The first kappa shape index (κ1) is 30.1. The highest BCUT2D eigenvalue weighted by molar-refractivity contribution is 9.10. The predicted octanol–water partition coefficient (Wildman–Crippen LogP) is 6.36. The molecule has 11 heteroatoms. The zero-order chi connectivity index (χ0) is 30.6. The fourth-order valence-corrected chi connectivity index (χ4v) is 7.07. The molecule has 1 atom stereocenters. The highest BCUT2D eigenvalue weighted by Gasteiger charge is 2.26. The summed E-state index contributed by atoms with van der Waals surface area (Å²) in [5, 5.41) is 9.99. The lowest BCUT2D eigenvalue weighted by Crippen LogP contribution is -2.12. The summed E-state index contributed by atoms with van der Waals surface area (Å²) in [7, 11) is 3.33. The topological polar surface area (TPSA) is 110 Å². The van der Waals surface area contributed by atoms with Crippen LogP contribution < -0.4 is 15.2 Å². The van der Waals surface area contributed by atoms with E-state index in [4.69, 9.17) is 20.3 Å². The first-order valence-corrected chi connectivity index (χ1v) is 16.5. The van der Waals surface area contributed by atoms with Crippen LogP contribution >= 0.6 is 27.3 Å². The molecule has 0 amide bonds. The Morgan fingerprint density at radius 2 is 1.39 bits per heavy atom. The smallest absolute Gasteiger partial charge is 0.180 e. The molecule has 2 aliphatic rings. The molecule has 0 saturated carbocycles. The predicted molar refractivity (Wildman–Crippen MR) is 176 cm³/mol. The number of fused-ring (bicyclic) bond motifs is 4. The number of nitrogens with two attached hydrogens (primary N) is 1. The minimum Gasteiger partial charge on any atom is -0.497 e. The Morgan fingerprint density at radius 1 is 0.841 bits per heavy atom. The van der Waals surface area contributed by atoms with Crippen molar-refractivity contribution in [3.05, 3.63) is 93.9 Å². The van der Waals surface area contributed by atoms with Gasteiger partial charge in [-0.2, -0.15) is 10.2 Å². The molecule has 0 aliphatic heterocycles. The number of rotatable bonds is 6. The number of nitrogen functional groups attached to an aromatic ring is 1. The molecule has 2 N–H and O–H groups in total. The van der Waals surface area contributed by atoms with Crippen LogP contribution in [0.4, 0.5) is 5.13 Å². The highest BCUT2D eigenvalue weighted by Crippen LogP contribution is 2.36. The molecule has 5 aromatic rings. The van der Waals surface area contributed by atoms with Crippen molar-refractivity contribution in [3.63, 3.8) is 0 Å². The van der Waals surface area contributed by atoms with Crippen LogP contribution in [-0.2, 0) is 32.4 Å². The Balaban J connectivity index is 0.000000157. The van der Waals surface area contributed by atoms with E-state index >= 15 is 0 Å². The number of ether oxygens (including phenoxy) is 2. The first-order valence-electron chi connectivity index (χ1n) is 14.7. The number of thiazole rings is 1. The zero-order valence-corrected chi connectivity index (χ0v) is 27.2. The van der Waals surface area contributed by atoms with Gasteiger partial charge in [-0.3, -0.25) is 14.2 Å². The molecule has 3 aromatic heterocycles. The average Bonchev–Trinajstić information content (AvgIpc) is 3.69. The molecule has 0 radical (unpaired) electrons. The maximum absolute atomic E-state index is 12.3. The van der Waals surface area contributed by atoms with Crippen molar-refractivity contribution in [2.75, 3.05) is 20.0 Å². The van der Waals surface area contributed by atoms with Crippen molar-refractivity contribution in [2.45, 2.75) is 56.4 Å². The van der Waals surface area contributed by atoms with Gasteiger partial charge in [-0.15, -0.1) is 11.3 Å². The number of methoxy groups -OCH3 is 2. The van der Waals surface area contributed by atoms with Crippen LogP contribution in [0, 0.1) is 0 Å². The van der Waals surface area contributed by atoms with E-state index in [1.165, 1.54) is 10.4 Å². The summed E-state index contributed by atoms with van der Waals surface area (Å²) >= 11 is 5.07. The number of hydrogen-bond acceptors (Lipinski definition) is 8. The largest absolute Gasteiger partial charge is 0.497 e. The van der Waals surface area contributed by atoms with Crippen molar-refractivity contribution >= 4 is 38.2 Å². The van der Waals surface area contributed by atoms with Crippen LogP contribution in [0.3, 0.4) is 0 Å². The summed E-state index contributed by atoms with van der Waals surface area (Å²) in [5.41, 5.74) is 13.2. The van der Waals surface area contributed by atoms with Gasteiger partial charge in [0.1, 0.15) is 11.5 Å². The van der Waals surface area contributed by atoms with E-state index in [9.17, 15) is 4.79 Å². The number of Topliss-reactive ketones (excluding diaryl/α,β-unsaturated/α-hetero) is 1. The number of carbonyl (C=O) groups excluding carboxylic acids is 1. The molecule has 0 fully saturated rings. The molecular formula is C33H35BrN6O3S. The van der Waals surface area contributed by atoms with Crippen LogP contribution in [0.25, 0.3) is 11.3 Å². The van der Waals surface area contributed by atoms with Gasteiger partial charge >= 0.3 is 0 Å². The third-order valence-electron chi connectivity index (χ3n) is 7.89. The average molecular weight is 676 g/mol. The number of anilines is 1. The van der Waals surface area contributed by atoms with Crippen LogP contribution in [0.15, 0.2) is 60.9 Å². The number of benzene rings is 2. The van der Waals surface area contributed by atoms with Crippen molar-refractivity contribution in [2.24, 2.45) is 0 Å². The van der Waals surface area contributed by atoms with Crippen molar-refractivity contribution < 1.29 is 14.3 Å². The maximum atomic E-state index is 12.3. The Hall–Kier alpha value is -3.96. The third-order valence-corrected chi connectivity index (χ3v) is 9.71. The molecule has 44 heavy (non-hydrogen) atoms. The number of nitrogens with zero attached hydrogens (tertiary/aromatic N) is 5. The van der Waals surface area contributed by atoms with Crippen LogP contribution in [0.1, 0.15) is 57.0 Å². The molecule has 7 rings (SSSR count). The summed E-state index contributed by atoms with van der Waals surface area (Å²) < 4.78 is 14.2. The molecule has 1 unspecified atom stereocenters. The van der Waals surface area contributed by atoms with Crippen LogP contribution in [0.2, 0.25) is 0 Å². The quantitative estimate of drug-likeness (QED) is 0.165. The van der Waals surface area contributed by atoms with E-state index in [0.29, 0.717) is 11.7 Å². The SMILES string of the molecule is COc1ccc(Cn2cc3c(n2)CCCC(Br)C3=O)cc1.COc1ccc(Cn2cc3c(n2)CCCc2sc(N)nc2-3)cc1. The lowest BCUT2D eigenvalue weighted by atomic mass is 10.1. The standard InChI is InChI=1S/C17H18N4OS.C16H17BrN2O2/c1-22-12-7-5-11(6-8-12)9-21-10-13-14(20-21)3-2-4-15-16(13)19-17(18)23-15;1-21-12-7-5-11(6-8-12)9-19-10-13-15(18-19)4-2-3-14(17)16(13)20/h5-8,10H,2-4,9H2,1H3,(H2,18,19);5-8,10,14H,2-4,9H2,1H3. The number of carbonyl (C=O) groups is 1. The molecule has 0 spiro atoms.